The first-order valence-corrected chi connectivity index (χ1v) is 11.2. The van der Waals surface area contributed by atoms with E-state index < -0.39 is 0 Å². The molecule has 33 heavy (non-hydrogen) atoms. The van der Waals surface area contributed by atoms with E-state index in [1.807, 2.05) is 67.6 Å². The Morgan fingerprint density at radius 3 is 2.55 bits per heavy atom. The Balaban J connectivity index is 1.39. The highest BCUT2D eigenvalue weighted by Crippen LogP contribution is 2.22. The summed E-state index contributed by atoms with van der Waals surface area (Å²) in [5, 5.41) is 6.39. The number of nitrogens with zero attached hydrogens (tertiary/aromatic N) is 2. The Kier molecular flexibility index (Phi) is 7.10. The van der Waals surface area contributed by atoms with Gasteiger partial charge < -0.3 is 10.6 Å². The molecule has 1 amide bonds. The van der Waals surface area contributed by atoms with Gasteiger partial charge in [0.1, 0.15) is 12.1 Å². The van der Waals surface area contributed by atoms with E-state index in [0.29, 0.717) is 11.4 Å². The zero-order chi connectivity index (χ0) is 23.0. The van der Waals surface area contributed by atoms with Gasteiger partial charge in [0, 0.05) is 28.9 Å². The van der Waals surface area contributed by atoms with Crippen molar-refractivity contribution >= 4 is 17.4 Å². The van der Waals surface area contributed by atoms with Crippen LogP contribution >= 0.6 is 0 Å². The number of anilines is 2. The average molecular weight is 437 g/mol. The van der Waals surface area contributed by atoms with Crippen LogP contribution in [-0.2, 0) is 6.42 Å². The van der Waals surface area contributed by atoms with Crippen LogP contribution in [0.4, 0.5) is 11.5 Å². The Bertz CT molecular complexity index is 1220. The molecule has 3 aromatic carbocycles. The van der Waals surface area contributed by atoms with E-state index in [-0.39, 0.29) is 11.9 Å². The van der Waals surface area contributed by atoms with Crippen molar-refractivity contribution in [3.63, 3.8) is 0 Å². The van der Waals surface area contributed by atoms with Crippen molar-refractivity contribution in [1.29, 1.82) is 0 Å². The van der Waals surface area contributed by atoms with Gasteiger partial charge in [0.2, 0.25) is 0 Å². The number of nitrogens with one attached hydrogen (secondary N) is 2. The molecule has 4 rings (SSSR count). The van der Waals surface area contributed by atoms with Crippen LogP contribution in [0.2, 0.25) is 0 Å². The first kappa shape index (κ1) is 22.2. The molecule has 5 nitrogen and oxygen atoms in total. The molecule has 0 aliphatic carbocycles. The van der Waals surface area contributed by atoms with E-state index in [9.17, 15) is 4.79 Å². The van der Waals surface area contributed by atoms with E-state index >= 15 is 0 Å². The van der Waals surface area contributed by atoms with Gasteiger partial charge in [-0.1, -0.05) is 60.2 Å². The van der Waals surface area contributed by atoms with E-state index in [0.717, 1.165) is 29.8 Å². The van der Waals surface area contributed by atoms with E-state index in [2.05, 4.69) is 51.8 Å². The molecule has 1 aromatic heterocycles. The second kappa shape index (κ2) is 10.6. The third kappa shape index (κ3) is 6.26. The number of rotatable bonds is 8. The molecule has 0 unspecified atom stereocenters. The number of hydrogen-bond donors (Lipinski definition) is 2. The molecule has 0 aliphatic rings. The lowest BCUT2D eigenvalue weighted by Gasteiger charge is -2.15. The third-order valence-electron chi connectivity index (χ3n) is 5.46. The lowest BCUT2D eigenvalue weighted by molar-refractivity contribution is 0.0938. The summed E-state index contributed by atoms with van der Waals surface area (Å²) in [6, 6.07) is 28.0. The van der Waals surface area contributed by atoms with Crippen molar-refractivity contribution in [2.24, 2.45) is 0 Å². The van der Waals surface area contributed by atoms with Crippen molar-refractivity contribution in [1.82, 2.24) is 15.3 Å². The van der Waals surface area contributed by atoms with Gasteiger partial charge in [-0.3, -0.25) is 4.79 Å². The molecule has 0 bridgehead atoms. The molecule has 0 spiro atoms. The fourth-order valence-corrected chi connectivity index (χ4v) is 3.68. The van der Waals surface area contributed by atoms with Gasteiger partial charge in [-0.05, 0) is 56.5 Å². The number of hydrogen-bond acceptors (Lipinski definition) is 4. The molecule has 0 saturated carbocycles. The summed E-state index contributed by atoms with van der Waals surface area (Å²) in [6.45, 7) is 4.10. The van der Waals surface area contributed by atoms with Crippen LogP contribution in [0.25, 0.3) is 11.3 Å². The highest BCUT2D eigenvalue weighted by atomic mass is 16.1. The fraction of sp³-hybridized carbons (Fsp3) is 0.179. The van der Waals surface area contributed by atoms with E-state index in [1.165, 1.54) is 11.1 Å². The molecule has 0 saturated heterocycles. The molecule has 0 radical (unpaired) electrons. The van der Waals surface area contributed by atoms with Gasteiger partial charge in [-0.15, -0.1) is 0 Å². The van der Waals surface area contributed by atoms with Crippen molar-refractivity contribution in [2.75, 3.05) is 5.32 Å². The molecular weight excluding hydrogens is 408 g/mol. The predicted octanol–water partition coefficient (Wildman–Crippen LogP) is 5.95. The topological polar surface area (TPSA) is 66.9 Å². The molecule has 5 heteroatoms. The minimum Gasteiger partial charge on any atom is -0.350 e. The highest BCUT2D eigenvalue weighted by Gasteiger charge is 2.11. The maximum Gasteiger partial charge on any atom is 0.251 e. The number of benzene rings is 3. The fourth-order valence-electron chi connectivity index (χ4n) is 3.68. The summed E-state index contributed by atoms with van der Waals surface area (Å²) >= 11 is 0. The Hall–Kier alpha value is -3.99. The van der Waals surface area contributed by atoms with Gasteiger partial charge in [-0.2, -0.15) is 0 Å². The minimum absolute atomic E-state index is 0.0769. The molecule has 0 aliphatic heterocycles. The van der Waals surface area contributed by atoms with Crippen LogP contribution in [0.15, 0.2) is 91.3 Å². The monoisotopic (exact) mass is 436 g/mol. The first-order chi connectivity index (χ1) is 16.1. The maximum absolute atomic E-state index is 12.8. The van der Waals surface area contributed by atoms with Gasteiger partial charge in [0.25, 0.3) is 5.91 Å². The number of aromatic nitrogens is 2. The summed E-state index contributed by atoms with van der Waals surface area (Å²) < 4.78 is 0. The summed E-state index contributed by atoms with van der Waals surface area (Å²) in [7, 11) is 0. The van der Waals surface area contributed by atoms with E-state index in [1.54, 1.807) is 6.33 Å². The van der Waals surface area contributed by atoms with Crippen LogP contribution in [0.3, 0.4) is 0 Å². The van der Waals surface area contributed by atoms with Gasteiger partial charge in [0.15, 0.2) is 0 Å². The van der Waals surface area contributed by atoms with E-state index in [4.69, 9.17) is 0 Å². The van der Waals surface area contributed by atoms with Gasteiger partial charge in [0.05, 0.1) is 5.69 Å². The number of aryl methyl sites for hydroxylation is 2. The zero-order valence-corrected chi connectivity index (χ0v) is 19.0. The Labute approximate surface area is 194 Å². The third-order valence-corrected chi connectivity index (χ3v) is 5.46. The second-order valence-corrected chi connectivity index (χ2v) is 8.26. The molecule has 4 aromatic rings. The van der Waals surface area contributed by atoms with Crippen molar-refractivity contribution < 1.29 is 4.79 Å². The normalized spacial score (nSPS) is 11.6. The second-order valence-electron chi connectivity index (χ2n) is 8.26. The molecule has 1 heterocycles. The van der Waals surface area contributed by atoms with Crippen LogP contribution < -0.4 is 10.6 Å². The molecule has 0 fully saturated rings. The molecular formula is C28H28N4O. The average Bonchev–Trinajstić information content (AvgIpc) is 2.84. The van der Waals surface area contributed by atoms with Gasteiger partial charge >= 0.3 is 0 Å². The first-order valence-electron chi connectivity index (χ1n) is 11.2. The maximum atomic E-state index is 12.8. The number of carbonyl (C=O) groups is 1. The predicted molar refractivity (Wildman–Crippen MR) is 134 cm³/mol. The van der Waals surface area contributed by atoms with Gasteiger partial charge in [-0.25, -0.2) is 9.97 Å². The zero-order valence-electron chi connectivity index (χ0n) is 19.0. The molecule has 166 valence electrons. The van der Waals surface area contributed by atoms with Crippen molar-refractivity contribution in [3.8, 4) is 11.3 Å². The van der Waals surface area contributed by atoms with Crippen molar-refractivity contribution in [3.05, 3.63) is 108 Å². The van der Waals surface area contributed by atoms with Crippen molar-refractivity contribution in [2.45, 2.75) is 32.7 Å². The van der Waals surface area contributed by atoms with Crippen LogP contribution in [0.1, 0.15) is 34.8 Å². The SMILES string of the molecule is Cc1cccc(-c2cc(Nc3cccc(C(=O)N[C@@H](C)CCc4ccccc4)c3)ncn2)c1. The quantitative estimate of drug-likeness (QED) is 0.358. The largest absolute Gasteiger partial charge is 0.350 e. The smallest absolute Gasteiger partial charge is 0.251 e. The lowest BCUT2D eigenvalue weighted by Crippen LogP contribution is -2.32. The number of amides is 1. The summed E-state index contributed by atoms with van der Waals surface area (Å²) in [6.07, 6.45) is 3.36. The standard InChI is InChI=1S/C28H28N4O/c1-20-8-6-11-23(16-20)26-18-27(30-19-29-26)32-25-13-7-12-24(17-25)28(33)31-21(2)14-15-22-9-4-3-5-10-22/h3-13,16-19,21H,14-15H2,1-2H3,(H,31,33)(H,29,30,32)/t21-/m0/s1. The summed E-state index contributed by atoms with van der Waals surface area (Å²) in [4.78, 5) is 21.5. The van der Waals surface area contributed by atoms with Crippen LogP contribution in [0.5, 0.6) is 0 Å². The Morgan fingerprint density at radius 2 is 1.73 bits per heavy atom. The number of carbonyl (C=O) groups excluding carboxylic acids is 1. The summed E-state index contributed by atoms with van der Waals surface area (Å²) in [5.74, 6) is 0.595. The van der Waals surface area contributed by atoms with Crippen LogP contribution in [0, 0.1) is 6.92 Å². The molecule has 1 atom stereocenters. The summed E-state index contributed by atoms with van der Waals surface area (Å²) in [5.41, 5.74) is 5.75. The highest BCUT2D eigenvalue weighted by molar-refractivity contribution is 5.95. The Morgan fingerprint density at radius 1 is 0.909 bits per heavy atom. The lowest BCUT2D eigenvalue weighted by atomic mass is 10.1. The van der Waals surface area contributed by atoms with Crippen LogP contribution in [-0.4, -0.2) is 21.9 Å². The molecule has 2 N–H and O–H groups in total. The minimum atomic E-state index is -0.0812.